The first-order valence-corrected chi connectivity index (χ1v) is 21.6. The molecule has 4 aromatic carbocycles. The number of nitrogens with one attached hydrogen (secondary N) is 4. The first kappa shape index (κ1) is 32.0. The van der Waals surface area contributed by atoms with Gasteiger partial charge in [-0.2, -0.15) is 0 Å². The predicted molar refractivity (Wildman–Crippen MR) is 191 cm³/mol. The van der Waals surface area contributed by atoms with Gasteiger partial charge < -0.3 is 0 Å². The molecule has 0 saturated carbocycles. The van der Waals surface area contributed by atoms with E-state index in [1.54, 1.807) is 12.4 Å². The fourth-order valence-electron chi connectivity index (χ4n) is 4.35. The van der Waals surface area contributed by atoms with Gasteiger partial charge in [0, 0.05) is 0 Å². The number of aromatic nitrogens is 2. The number of amides is 2. The molecule has 0 aliphatic heterocycles. The van der Waals surface area contributed by atoms with Gasteiger partial charge in [-0.3, -0.25) is 0 Å². The third-order valence-electron chi connectivity index (χ3n) is 6.62. The Labute approximate surface area is 292 Å². The second-order valence-electron chi connectivity index (χ2n) is 9.87. The Morgan fingerprint density at radius 1 is 0.543 bits per heavy atom. The summed E-state index contributed by atoms with van der Waals surface area (Å²) in [6.45, 7) is 0. The number of rotatable bonds is 11. The third kappa shape index (κ3) is 8.45. The van der Waals surface area contributed by atoms with Crippen molar-refractivity contribution in [3.63, 3.8) is 0 Å². The molecule has 0 spiro atoms. The number of hydrogen-bond donors (Lipinski definition) is 4. The van der Waals surface area contributed by atoms with Gasteiger partial charge in [-0.25, -0.2) is 0 Å². The number of para-hydroxylation sites is 2. The van der Waals surface area contributed by atoms with Gasteiger partial charge in [-0.1, -0.05) is 0 Å². The second kappa shape index (κ2) is 15.1. The monoisotopic (exact) mass is 868 g/mol. The van der Waals surface area contributed by atoms with Crippen molar-refractivity contribution in [1.29, 1.82) is 0 Å². The summed E-state index contributed by atoms with van der Waals surface area (Å²) in [4.78, 5) is 34.2. The summed E-state index contributed by atoms with van der Waals surface area (Å²) < 4.78 is 3.62. The molecule has 6 aromatic rings. The first-order chi connectivity index (χ1) is 22.4. The molecule has 46 heavy (non-hydrogen) atoms. The Bertz CT molecular complexity index is 1940. The van der Waals surface area contributed by atoms with E-state index < -0.39 is 0 Å². The van der Waals surface area contributed by atoms with E-state index in [4.69, 9.17) is 0 Å². The molecule has 0 fully saturated rings. The van der Waals surface area contributed by atoms with E-state index in [9.17, 15) is 9.59 Å². The molecule has 226 valence electrons. The number of carbonyl (C=O) groups excluding carboxylic acids is 2. The fourth-order valence-corrected chi connectivity index (χ4v) is 11.2. The molecular weight excluding hydrogens is 840 g/mol. The Hall–Kier alpha value is -3.94. The number of hydrogen-bond acceptors (Lipinski definition) is 6. The molecule has 0 radical (unpaired) electrons. The number of fused-ring (bicyclic) bond motifs is 2. The molecule has 4 N–H and O–H groups in total. The summed E-state index contributed by atoms with van der Waals surface area (Å²) in [5.74, 6) is -0.476. The zero-order chi connectivity index (χ0) is 31.9. The Morgan fingerprint density at radius 2 is 0.935 bits per heavy atom. The molecule has 0 aliphatic carbocycles. The molecule has 0 aliphatic rings. The molecule has 0 saturated heterocycles. The van der Waals surface area contributed by atoms with Crippen LogP contribution in [0.4, 0.5) is 11.4 Å². The molecule has 6 rings (SSSR count). The van der Waals surface area contributed by atoms with Crippen molar-refractivity contribution in [2.24, 2.45) is 0 Å². The summed E-state index contributed by atoms with van der Waals surface area (Å²) in [6.07, 6.45) is 3.16. The minimum atomic E-state index is -0.238. The van der Waals surface area contributed by atoms with Gasteiger partial charge in [0.05, 0.1) is 0 Å². The van der Waals surface area contributed by atoms with E-state index in [-0.39, 0.29) is 11.8 Å². The van der Waals surface area contributed by atoms with Crippen molar-refractivity contribution in [2.45, 2.75) is 0 Å². The van der Waals surface area contributed by atoms with Gasteiger partial charge in [0.2, 0.25) is 0 Å². The molecule has 12 heteroatoms. The van der Waals surface area contributed by atoms with Gasteiger partial charge in [0.1, 0.15) is 0 Å². The van der Waals surface area contributed by atoms with Gasteiger partial charge in [-0.15, -0.1) is 0 Å². The maximum atomic E-state index is 12.7. The predicted octanol–water partition coefficient (Wildman–Crippen LogP) is 2.25. The summed E-state index contributed by atoms with van der Waals surface area (Å²) in [5.41, 5.74) is 4.43. The molecular formula is C34H24N6O2Se4. The van der Waals surface area contributed by atoms with E-state index in [0.717, 1.165) is 33.2 Å². The maximum absolute atomic E-state index is 12.7. The molecule has 8 nitrogen and oxygen atoms in total. The average Bonchev–Trinajstić information content (AvgIpc) is 3.08. The summed E-state index contributed by atoms with van der Waals surface area (Å²) >= 11 is 6.40. The SMILES string of the molecule is O=C(NC(=[Se])Nc1ccc([Se][Se]c2ccc(NC(=[Se])NC(=O)c3cnc4ccccc4c3)cc2)cc1)c1cnc2ccccc2c1. The van der Waals surface area contributed by atoms with Crippen LogP contribution >= 0.6 is 0 Å². The van der Waals surface area contributed by atoms with E-state index in [1.165, 1.54) is 8.92 Å². The topological polar surface area (TPSA) is 108 Å². The van der Waals surface area contributed by atoms with Gasteiger partial charge in [0.25, 0.3) is 0 Å². The van der Waals surface area contributed by atoms with Crippen LogP contribution in [0.25, 0.3) is 21.8 Å². The third-order valence-corrected chi connectivity index (χ3v) is 14.7. The molecule has 0 unspecified atom stereocenters. The van der Waals surface area contributed by atoms with Crippen LogP contribution in [0.3, 0.4) is 0 Å². The fraction of sp³-hybridized carbons (Fsp3) is 0. The number of benzene rings is 4. The molecule has 2 aromatic heterocycles. The van der Waals surface area contributed by atoms with Crippen LogP contribution in [0, 0.1) is 0 Å². The van der Waals surface area contributed by atoms with E-state index in [0.29, 0.717) is 46.7 Å². The van der Waals surface area contributed by atoms with Gasteiger partial charge in [-0.05, 0) is 0 Å². The minimum absolute atomic E-state index is 0.238. The number of anilines is 2. The van der Waals surface area contributed by atoms with Crippen LogP contribution in [0.1, 0.15) is 20.7 Å². The van der Waals surface area contributed by atoms with Crippen LogP contribution < -0.4 is 30.2 Å². The van der Waals surface area contributed by atoms with Gasteiger partial charge >= 0.3 is 294 Å². The molecule has 0 bridgehead atoms. The van der Waals surface area contributed by atoms with Crippen molar-refractivity contribution in [3.05, 3.63) is 133 Å². The summed E-state index contributed by atoms with van der Waals surface area (Å²) in [6, 6.07) is 35.6. The Morgan fingerprint density at radius 3 is 1.35 bits per heavy atom. The van der Waals surface area contributed by atoms with Crippen LogP contribution in [0.2, 0.25) is 0 Å². The van der Waals surface area contributed by atoms with Crippen molar-refractivity contribution in [1.82, 2.24) is 20.6 Å². The zero-order valence-corrected chi connectivity index (χ0v) is 30.7. The van der Waals surface area contributed by atoms with Crippen molar-refractivity contribution in [2.75, 3.05) is 10.6 Å². The zero-order valence-electron chi connectivity index (χ0n) is 23.9. The number of pyridine rings is 2. The molecule has 2 heterocycles. The van der Waals surface area contributed by atoms with Crippen LogP contribution in [0.5, 0.6) is 0 Å². The quantitative estimate of drug-likeness (QED) is 0.149. The van der Waals surface area contributed by atoms with Crippen LogP contribution in [-0.4, -0.2) is 88.5 Å². The van der Waals surface area contributed by atoms with E-state index in [1.807, 2.05) is 84.9 Å². The Balaban J connectivity index is 0.948. The molecule has 0 atom stereocenters. The molecule has 2 amide bonds. The first-order valence-electron chi connectivity index (χ1n) is 13.9. The average molecular weight is 864 g/mol. The van der Waals surface area contributed by atoms with Crippen LogP contribution in [0.15, 0.2) is 122 Å². The summed E-state index contributed by atoms with van der Waals surface area (Å²) in [5, 5.41) is 14.0. The standard InChI is InChI=1S/C34H24N6O2Se4/c41-31(23-17-21-5-1-3-7-29(21)35-19-23)39-33(43)37-25-9-13-27(14-10-25)45-46-28-15-11-26(12-16-28)38-34(44)40-32(42)24-18-22-6-2-4-8-30(22)36-20-24/h1-20H,(H2,37,39,41,43)(H2,38,40,42,44). The second-order valence-corrected chi connectivity index (χ2v) is 17.9. The van der Waals surface area contributed by atoms with Gasteiger partial charge in [0.15, 0.2) is 0 Å². The Kier molecular flexibility index (Phi) is 10.5. The van der Waals surface area contributed by atoms with Crippen molar-refractivity contribution < 1.29 is 9.59 Å². The number of carbonyl (C=O) groups is 2. The normalized spacial score (nSPS) is 10.7. The van der Waals surface area contributed by atoms with E-state index in [2.05, 4.69) is 86.7 Å². The summed E-state index contributed by atoms with van der Waals surface area (Å²) in [7, 11) is 0. The van der Waals surface area contributed by atoms with E-state index >= 15 is 0 Å². The van der Waals surface area contributed by atoms with Crippen LogP contribution in [-0.2, 0) is 0 Å². The van der Waals surface area contributed by atoms with Crippen molar-refractivity contribution in [3.8, 4) is 0 Å². The van der Waals surface area contributed by atoms with Crippen molar-refractivity contribution >= 4 is 121 Å². The number of nitrogens with zero attached hydrogens (tertiary/aromatic N) is 2.